The summed E-state index contributed by atoms with van der Waals surface area (Å²) in [6, 6.07) is 0. The fourth-order valence-electron chi connectivity index (χ4n) is 8.96. The molecule has 5 heteroatoms. The molecule has 0 saturated heterocycles. The summed E-state index contributed by atoms with van der Waals surface area (Å²) in [7, 11) is 0. The fraction of sp³-hybridized carbons (Fsp3) is 0.733. The van der Waals surface area contributed by atoms with Gasteiger partial charge in [0.25, 0.3) is 0 Å². The number of carbonyl (C=O) groups is 2. The smallest absolute Gasteiger partial charge is 0.336 e. The first-order valence-electron chi connectivity index (χ1n) is 13.4. The van der Waals surface area contributed by atoms with Crippen LogP contribution in [0.3, 0.4) is 0 Å². The summed E-state index contributed by atoms with van der Waals surface area (Å²) in [5.74, 6) is -1.36. The first-order valence-corrected chi connectivity index (χ1v) is 13.4. The van der Waals surface area contributed by atoms with Gasteiger partial charge in [0.1, 0.15) is 0 Å². The van der Waals surface area contributed by atoms with Gasteiger partial charge in [-0.2, -0.15) is 0 Å². The molecule has 0 aromatic carbocycles. The zero-order valence-corrected chi connectivity index (χ0v) is 22.4. The van der Waals surface area contributed by atoms with Crippen molar-refractivity contribution in [1.82, 2.24) is 0 Å². The average Bonchev–Trinajstić information content (AvgIpc) is 3.17. The Bertz CT molecular complexity index is 993. The maximum absolute atomic E-state index is 11.9. The van der Waals surface area contributed by atoms with Crippen LogP contribution in [0.15, 0.2) is 35.5 Å². The van der Waals surface area contributed by atoms with E-state index in [1.54, 1.807) is 13.0 Å². The monoisotopic (exact) mass is 484 g/mol. The number of hydrogen-bond donors (Lipinski definition) is 2. The number of esters is 1. The van der Waals surface area contributed by atoms with Crippen molar-refractivity contribution >= 4 is 11.9 Å². The highest BCUT2D eigenvalue weighted by atomic mass is 16.7. The van der Waals surface area contributed by atoms with Crippen LogP contribution in [0.25, 0.3) is 0 Å². The molecule has 4 aliphatic rings. The van der Waals surface area contributed by atoms with E-state index in [1.807, 2.05) is 0 Å². The summed E-state index contributed by atoms with van der Waals surface area (Å²) >= 11 is 0. The van der Waals surface area contributed by atoms with Gasteiger partial charge in [-0.15, -0.1) is 0 Å². The Morgan fingerprint density at radius 3 is 2.51 bits per heavy atom. The number of carboxylic acids is 1. The van der Waals surface area contributed by atoms with Crippen molar-refractivity contribution in [2.45, 2.75) is 98.7 Å². The Morgan fingerprint density at radius 2 is 1.94 bits per heavy atom. The van der Waals surface area contributed by atoms with E-state index in [9.17, 15) is 19.8 Å². The molecule has 35 heavy (non-hydrogen) atoms. The van der Waals surface area contributed by atoms with Crippen molar-refractivity contribution in [2.75, 3.05) is 0 Å². The topological polar surface area (TPSA) is 83.8 Å². The third kappa shape index (κ3) is 4.02. The molecule has 0 radical (unpaired) electrons. The number of aliphatic hydroxyl groups is 1. The number of allylic oxidation sites excluding steroid dienone is 3. The van der Waals surface area contributed by atoms with E-state index >= 15 is 0 Å². The van der Waals surface area contributed by atoms with Gasteiger partial charge in [0.15, 0.2) is 0 Å². The maximum Gasteiger partial charge on any atom is 0.336 e. The Hall–Kier alpha value is -1.88. The standard InChI is InChI=1S/C30H44O5/c1-18(2)21-8-9-24-23(27(21,5)13-12-25(31)32)11-15-28(6)22(10-14-29(24,28)7)19(3)16-30(34)17-20(4)26(33)35-30/h9,17,19,21-23,34H,1,8,10-16H2,2-7H3,(H,31,32). The first-order chi connectivity index (χ1) is 16.2. The Balaban J connectivity index is 1.63. The second-order valence-corrected chi connectivity index (χ2v) is 12.9. The third-order valence-electron chi connectivity index (χ3n) is 11.0. The highest BCUT2D eigenvalue weighted by molar-refractivity contribution is 5.90. The van der Waals surface area contributed by atoms with Crippen LogP contribution in [0, 0.1) is 39.9 Å². The van der Waals surface area contributed by atoms with Gasteiger partial charge >= 0.3 is 11.9 Å². The number of aliphatic carboxylic acids is 1. The number of cyclic esters (lactones) is 1. The van der Waals surface area contributed by atoms with Crippen LogP contribution >= 0.6 is 0 Å². The van der Waals surface area contributed by atoms with Crippen LogP contribution in [0.4, 0.5) is 0 Å². The zero-order chi connectivity index (χ0) is 26.0. The Morgan fingerprint density at radius 1 is 1.26 bits per heavy atom. The Kier molecular flexibility index (Phi) is 6.44. The second-order valence-electron chi connectivity index (χ2n) is 12.9. The Labute approximate surface area is 210 Å². The van der Waals surface area contributed by atoms with Crippen molar-refractivity contribution < 1.29 is 24.5 Å². The normalized spacial score (nSPS) is 43.5. The molecule has 194 valence electrons. The largest absolute Gasteiger partial charge is 0.481 e. The van der Waals surface area contributed by atoms with Crippen molar-refractivity contribution in [3.63, 3.8) is 0 Å². The molecule has 1 aliphatic heterocycles. The molecule has 0 aromatic heterocycles. The summed E-state index contributed by atoms with van der Waals surface area (Å²) in [4.78, 5) is 23.5. The lowest BCUT2D eigenvalue weighted by Crippen LogP contribution is -2.52. The fourth-order valence-corrected chi connectivity index (χ4v) is 8.96. The van der Waals surface area contributed by atoms with Crippen molar-refractivity contribution in [1.29, 1.82) is 0 Å². The molecule has 2 N–H and O–H groups in total. The quantitative estimate of drug-likeness (QED) is 0.321. The molecule has 0 amide bonds. The van der Waals surface area contributed by atoms with Crippen molar-refractivity contribution in [2.24, 2.45) is 39.9 Å². The molecule has 8 unspecified atom stereocenters. The molecule has 8 atom stereocenters. The minimum Gasteiger partial charge on any atom is -0.481 e. The van der Waals surface area contributed by atoms with E-state index in [2.05, 4.69) is 47.3 Å². The van der Waals surface area contributed by atoms with E-state index in [1.165, 1.54) is 5.57 Å². The third-order valence-corrected chi connectivity index (χ3v) is 11.0. The predicted molar refractivity (Wildman–Crippen MR) is 136 cm³/mol. The highest BCUT2D eigenvalue weighted by Crippen LogP contribution is 2.72. The van der Waals surface area contributed by atoms with Gasteiger partial charge in [-0.1, -0.05) is 51.5 Å². The van der Waals surface area contributed by atoms with Crippen LogP contribution in [-0.4, -0.2) is 27.9 Å². The first kappa shape index (κ1) is 26.2. The van der Waals surface area contributed by atoms with Crippen LogP contribution in [0.2, 0.25) is 0 Å². The van der Waals surface area contributed by atoms with E-state index < -0.39 is 17.7 Å². The number of carboxylic acid groups (broad SMARTS) is 1. The summed E-state index contributed by atoms with van der Waals surface area (Å²) in [6.45, 7) is 17.5. The van der Waals surface area contributed by atoms with Crippen LogP contribution in [0.1, 0.15) is 92.9 Å². The second kappa shape index (κ2) is 8.61. The van der Waals surface area contributed by atoms with Crippen LogP contribution in [0.5, 0.6) is 0 Å². The van der Waals surface area contributed by atoms with Gasteiger partial charge < -0.3 is 14.9 Å². The SMILES string of the molecule is C=C(C)C1CC=C2C(CCC3(C)C(C(C)CC4(O)C=C(C)C(=O)O4)CCC23C)C1(C)CCC(=O)O. The molecule has 0 bridgehead atoms. The lowest BCUT2D eigenvalue weighted by Gasteiger charge is -2.60. The average molecular weight is 485 g/mol. The maximum atomic E-state index is 11.9. The molecule has 2 saturated carbocycles. The van der Waals surface area contributed by atoms with Gasteiger partial charge in [0.05, 0.1) is 0 Å². The number of hydrogen-bond acceptors (Lipinski definition) is 4. The van der Waals surface area contributed by atoms with Crippen molar-refractivity contribution in [3.05, 3.63) is 35.5 Å². The molecule has 5 nitrogen and oxygen atoms in total. The molecule has 0 aromatic rings. The number of fused-ring (bicyclic) bond motifs is 3. The van der Waals surface area contributed by atoms with E-state index in [-0.39, 0.29) is 28.6 Å². The minimum absolute atomic E-state index is 0.0418. The molecule has 0 spiro atoms. The van der Waals surface area contributed by atoms with E-state index in [4.69, 9.17) is 4.74 Å². The lowest BCUT2D eigenvalue weighted by molar-refractivity contribution is -0.185. The lowest BCUT2D eigenvalue weighted by atomic mass is 9.44. The molecule has 4 rings (SSSR count). The number of rotatable bonds is 7. The summed E-state index contributed by atoms with van der Waals surface area (Å²) in [5, 5.41) is 20.5. The zero-order valence-electron chi connectivity index (χ0n) is 22.4. The van der Waals surface area contributed by atoms with Gasteiger partial charge in [-0.3, -0.25) is 4.79 Å². The highest BCUT2D eigenvalue weighted by Gasteiger charge is 2.63. The van der Waals surface area contributed by atoms with Crippen LogP contribution < -0.4 is 0 Å². The van der Waals surface area contributed by atoms with E-state index in [0.29, 0.717) is 36.2 Å². The van der Waals surface area contributed by atoms with Gasteiger partial charge in [-0.05, 0) is 98.4 Å². The minimum atomic E-state index is -1.50. The summed E-state index contributed by atoms with van der Waals surface area (Å²) < 4.78 is 5.34. The van der Waals surface area contributed by atoms with Gasteiger partial charge in [0, 0.05) is 18.4 Å². The van der Waals surface area contributed by atoms with Crippen LogP contribution in [-0.2, 0) is 14.3 Å². The molecular weight excluding hydrogens is 440 g/mol. The van der Waals surface area contributed by atoms with E-state index in [0.717, 1.165) is 37.7 Å². The number of carbonyl (C=O) groups excluding carboxylic acids is 1. The summed E-state index contributed by atoms with van der Waals surface area (Å²) in [5.41, 5.74) is 3.19. The van der Waals surface area contributed by atoms with Gasteiger partial charge in [-0.25, -0.2) is 4.79 Å². The summed E-state index contributed by atoms with van der Waals surface area (Å²) in [6.07, 6.45) is 10.6. The molecule has 1 heterocycles. The molecular formula is C30H44O5. The van der Waals surface area contributed by atoms with Crippen molar-refractivity contribution in [3.8, 4) is 0 Å². The molecule has 3 aliphatic carbocycles. The molecule has 2 fully saturated rings. The number of ether oxygens (including phenoxy) is 1. The predicted octanol–water partition coefficient (Wildman–Crippen LogP) is 6.43. The van der Waals surface area contributed by atoms with Gasteiger partial charge in [0.2, 0.25) is 5.79 Å².